The molecule has 0 fully saturated rings. The van der Waals surface area contributed by atoms with Crippen molar-refractivity contribution in [3.63, 3.8) is 0 Å². The lowest BCUT2D eigenvalue weighted by molar-refractivity contribution is -0.141. The fourth-order valence-electron chi connectivity index (χ4n) is 2.80. The Bertz CT molecular complexity index is 947. The van der Waals surface area contributed by atoms with Crippen LogP contribution in [0.5, 0.6) is 0 Å². The Balaban J connectivity index is 1.81. The average molecular weight is 415 g/mol. The normalized spacial score (nSPS) is 11.8. The van der Waals surface area contributed by atoms with Gasteiger partial charge in [0.2, 0.25) is 0 Å². The molecule has 1 N–H and O–H groups in total. The van der Waals surface area contributed by atoms with Gasteiger partial charge in [0.1, 0.15) is 9.88 Å². The summed E-state index contributed by atoms with van der Waals surface area (Å²) >= 11 is 2.86. The summed E-state index contributed by atoms with van der Waals surface area (Å²) in [6, 6.07) is 11.6. The highest BCUT2D eigenvalue weighted by Gasteiger charge is 2.23. The Morgan fingerprint density at radius 1 is 1.21 bits per heavy atom. The highest BCUT2D eigenvalue weighted by atomic mass is 32.1. The van der Waals surface area contributed by atoms with Crippen LogP contribution in [0.4, 0.5) is 0 Å². The molecule has 2 aromatic heterocycles. The first kappa shape index (κ1) is 20.2. The number of thiophene rings is 1. The molecule has 3 aromatic rings. The van der Waals surface area contributed by atoms with E-state index in [1.54, 1.807) is 0 Å². The molecule has 0 saturated heterocycles. The van der Waals surface area contributed by atoms with Crippen LogP contribution in [0.3, 0.4) is 0 Å². The zero-order valence-corrected chi connectivity index (χ0v) is 17.7. The summed E-state index contributed by atoms with van der Waals surface area (Å²) in [5, 5.41) is 5.70. The highest BCUT2D eigenvalue weighted by molar-refractivity contribution is 7.17. The minimum atomic E-state index is -0.422. The number of hydrogen-bond donors (Lipinski definition) is 1. The van der Waals surface area contributed by atoms with E-state index >= 15 is 0 Å². The molecular weight excluding hydrogens is 392 g/mol. The largest absolute Gasteiger partial charge is 0.469 e. The van der Waals surface area contributed by atoms with Gasteiger partial charge in [-0.3, -0.25) is 9.59 Å². The Morgan fingerprint density at radius 3 is 2.57 bits per heavy atom. The molecule has 1 aromatic carbocycles. The molecule has 146 valence electrons. The third-order valence-corrected chi connectivity index (χ3v) is 6.59. The average Bonchev–Trinajstić information content (AvgIpc) is 3.37. The molecule has 1 unspecified atom stereocenters. The molecular formula is C21H22N2O3S2. The second-order valence-corrected chi connectivity index (χ2v) is 8.28. The van der Waals surface area contributed by atoms with Gasteiger partial charge in [-0.15, -0.1) is 22.7 Å². The number of methoxy groups -OCH3 is 1. The molecule has 1 atom stereocenters. The number of nitrogens with one attached hydrogen (secondary N) is 1. The number of hydrogen-bond acceptors (Lipinski definition) is 6. The monoisotopic (exact) mass is 414 g/mol. The number of rotatable bonds is 7. The number of amides is 1. The molecule has 0 saturated carbocycles. The van der Waals surface area contributed by atoms with Gasteiger partial charge in [0.05, 0.1) is 25.3 Å². The molecule has 2 heterocycles. The number of nitrogens with zero attached hydrogens (tertiary/aromatic N) is 1. The van der Waals surface area contributed by atoms with Gasteiger partial charge in [-0.1, -0.05) is 37.3 Å². The van der Waals surface area contributed by atoms with E-state index in [-0.39, 0.29) is 18.3 Å². The maximum absolute atomic E-state index is 12.9. The number of thiazole rings is 1. The van der Waals surface area contributed by atoms with E-state index in [4.69, 9.17) is 4.74 Å². The summed E-state index contributed by atoms with van der Waals surface area (Å²) in [4.78, 5) is 30.7. The quantitative estimate of drug-likeness (QED) is 0.565. The van der Waals surface area contributed by atoms with Crippen molar-refractivity contribution in [2.45, 2.75) is 32.7 Å². The van der Waals surface area contributed by atoms with Crippen molar-refractivity contribution >= 4 is 34.6 Å². The van der Waals surface area contributed by atoms with Crippen LogP contribution in [0.2, 0.25) is 0 Å². The second kappa shape index (κ2) is 9.12. The van der Waals surface area contributed by atoms with Crippen molar-refractivity contribution in [1.29, 1.82) is 0 Å². The molecule has 3 rings (SSSR count). The van der Waals surface area contributed by atoms with Crippen LogP contribution in [0.1, 0.15) is 45.2 Å². The summed E-state index contributed by atoms with van der Waals surface area (Å²) in [6.07, 6.45) is 1.07. The SMILES string of the molecule is CCc1ccc(-c2nc(C)c(C(=O)NC(CC(=O)OC)c3cccs3)s2)cc1. The van der Waals surface area contributed by atoms with Crippen molar-refractivity contribution in [2.75, 3.05) is 7.11 Å². The number of esters is 1. The van der Waals surface area contributed by atoms with E-state index < -0.39 is 6.04 Å². The van der Waals surface area contributed by atoms with Crippen LogP contribution in [-0.4, -0.2) is 24.0 Å². The fourth-order valence-corrected chi connectivity index (χ4v) is 4.55. The van der Waals surface area contributed by atoms with E-state index in [0.29, 0.717) is 10.6 Å². The van der Waals surface area contributed by atoms with Gasteiger partial charge in [0.15, 0.2) is 0 Å². The first-order valence-corrected chi connectivity index (χ1v) is 10.7. The molecule has 28 heavy (non-hydrogen) atoms. The molecule has 5 nitrogen and oxygen atoms in total. The fraction of sp³-hybridized carbons (Fsp3) is 0.286. The predicted octanol–water partition coefficient (Wildman–Crippen LogP) is 4.78. The van der Waals surface area contributed by atoms with Crippen molar-refractivity contribution in [1.82, 2.24) is 10.3 Å². The number of ether oxygens (including phenoxy) is 1. The van der Waals surface area contributed by atoms with E-state index in [0.717, 1.165) is 21.9 Å². The standard InChI is InChI=1S/C21H22N2O3S2/c1-4-14-7-9-15(10-8-14)21-22-13(2)19(28-21)20(25)23-16(12-18(24)26-3)17-6-5-11-27-17/h5-11,16H,4,12H2,1-3H3,(H,23,25). The molecule has 0 aliphatic rings. The third-order valence-electron chi connectivity index (χ3n) is 4.40. The molecule has 7 heteroatoms. The molecule has 1 amide bonds. The molecule has 0 spiro atoms. The van der Waals surface area contributed by atoms with E-state index in [9.17, 15) is 9.59 Å². The Labute approximate surface area is 172 Å². The minimum absolute atomic E-state index is 0.0892. The lowest BCUT2D eigenvalue weighted by Gasteiger charge is -2.16. The van der Waals surface area contributed by atoms with E-state index in [2.05, 4.69) is 29.4 Å². The van der Waals surface area contributed by atoms with Crippen LogP contribution in [0.25, 0.3) is 10.6 Å². The molecule has 0 aliphatic heterocycles. The van der Waals surface area contributed by atoms with Gasteiger partial charge in [-0.25, -0.2) is 4.98 Å². The predicted molar refractivity (Wildman–Crippen MR) is 113 cm³/mol. The number of aromatic nitrogens is 1. The number of carbonyl (C=O) groups is 2. The maximum Gasteiger partial charge on any atom is 0.307 e. The Kier molecular flexibility index (Phi) is 6.59. The van der Waals surface area contributed by atoms with Crippen LogP contribution in [0, 0.1) is 6.92 Å². The van der Waals surface area contributed by atoms with Crippen molar-refractivity contribution in [2.24, 2.45) is 0 Å². The van der Waals surface area contributed by atoms with E-state index in [1.807, 2.05) is 36.6 Å². The van der Waals surface area contributed by atoms with E-state index in [1.165, 1.54) is 35.3 Å². The molecule has 0 bridgehead atoms. The first-order valence-electron chi connectivity index (χ1n) is 8.99. The Morgan fingerprint density at radius 2 is 1.96 bits per heavy atom. The summed E-state index contributed by atoms with van der Waals surface area (Å²) in [5.41, 5.74) is 2.94. The number of benzene rings is 1. The van der Waals surface area contributed by atoms with Crippen LogP contribution >= 0.6 is 22.7 Å². The number of aryl methyl sites for hydroxylation is 2. The van der Waals surface area contributed by atoms with Gasteiger partial charge in [-0.2, -0.15) is 0 Å². The Hall–Kier alpha value is -2.51. The van der Waals surface area contributed by atoms with Gasteiger partial charge >= 0.3 is 5.97 Å². The third kappa shape index (κ3) is 4.66. The van der Waals surface area contributed by atoms with Crippen LogP contribution in [-0.2, 0) is 16.0 Å². The zero-order valence-electron chi connectivity index (χ0n) is 16.0. The number of carbonyl (C=O) groups excluding carboxylic acids is 2. The smallest absolute Gasteiger partial charge is 0.307 e. The van der Waals surface area contributed by atoms with Gasteiger partial charge in [-0.05, 0) is 30.4 Å². The topological polar surface area (TPSA) is 68.3 Å². The zero-order chi connectivity index (χ0) is 20.1. The van der Waals surface area contributed by atoms with Crippen LogP contribution in [0.15, 0.2) is 41.8 Å². The summed E-state index contributed by atoms with van der Waals surface area (Å²) in [7, 11) is 1.35. The highest BCUT2D eigenvalue weighted by Crippen LogP contribution is 2.29. The summed E-state index contributed by atoms with van der Waals surface area (Å²) in [5.74, 6) is -0.592. The van der Waals surface area contributed by atoms with Crippen molar-refractivity contribution < 1.29 is 14.3 Å². The van der Waals surface area contributed by atoms with Crippen molar-refractivity contribution in [3.05, 3.63) is 62.8 Å². The van der Waals surface area contributed by atoms with Gasteiger partial charge in [0.25, 0.3) is 5.91 Å². The minimum Gasteiger partial charge on any atom is -0.469 e. The van der Waals surface area contributed by atoms with Crippen molar-refractivity contribution in [3.8, 4) is 10.6 Å². The maximum atomic E-state index is 12.9. The summed E-state index contributed by atoms with van der Waals surface area (Å²) in [6.45, 7) is 3.94. The first-order chi connectivity index (χ1) is 13.5. The molecule has 0 aliphatic carbocycles. The molecule has 0 radical (unpaired) electrons. The lowest BCUT2D eigenvalue weighted by atomic mass is 10.1. The van der Waals surface area contributed by atoms with Crippen LogP contribution < -0.4 is 5.32 Å². The second-order valence-electron chi connectivity index (χ2n) is 6.31. The summed E-state index contributed by atoms with van der Waals surface area (Å²) < 4.78 is 4.78. The van der Waals surface area contributed by atoms with Gasteiger partial charge in [0, 0.05) is 10.4 Å². The van der Waals surface area contributed by atoms with Gasteiger partial charge < -0.3 is 10.1 Å². The lowest BCUT2D eigenvalue weighted by Crippen LogP contribution is -2.29.